The van der Waals surface area contributed by atoms with Crippen molar-refractivity contribution in [2.75, 3.05) is 13.2 Å². The van der Waals surface area contributed by atoms with Crippen molar-refractivity contribution in [3.63, 3.8) is 0 Å². The predicted molar refractivity (Wildman–Crippen MR) is 77.1 cm³/mol. The fourth-order valence-corrected chi connectivity index (χ4v) is 4.05. The Bertz CT molecular complexity index is 408. The first-order valence-electron chi connectivity index (χ1n) is 7.12. The number of phosphoric ester groups is 1. The summed E-state index contributed by atoms with van der Waals surface area (Å²) in [6, 6.07) is 0. The van der Waals surface area contributed by atoms with E-state index in [1.807, 2.05) is 19.9 Å². The van der Waals surface area contributed by atoms with Crippen LogP contribution in [0.3, 0.4) is 0 Å². The van der Waals surface area contributed by atoms with Gasteiger partial charge in [-0.15, -0.1) is 0 Å². The number of hydrogen-bond acceptors (Lipinski definition) is 5. The lowest BCUT2D eigenvalue weighted by atomic mass is 9.75. The van der Waals surface area contributed by atoms with E-state index in [2.05, 4.69) is 0 Å². The predicted octanol–water partition coefficient (Wildman–Crippen LogP) is 3.95. The van der Waals surface area contributed by atoms with Crippen molar-refractivity contribution >= 4 is 13.6 Å². The molecule has 20 heavy (non-hydrogen) atoms. The molecule has 6 heteroatoms. The summed E-state index contributed by atoms with van der Waals surface area (Å²) in [5.74, 6) is 0.967. The number of allylic oxidation sites excluding steroid dienone is 2. The van der Waals surface area contributed by atoms with Gasteiger partial charge in [-0.2, -0.15) is 0 Å². The second-order valence-electron chi connectivity index (χ2n) is 5.18. The Labute approximate surface area is 121 Å². The lowest BCUT2D eigenvalue weighted by Gasteiger charge is -2.32. The summed E-state index contributed by atoms with van der Waals surface area (Å²) in [7, 11) is -3.54. The Morgan fingerprint density at radius 3 is 2.25 bits per heavy atom. The molecule has 0 amide bonds. The van der Waals surface area contributed by atoms with Gasteiger partial charge < -0.3 is 4.52 Å². The normalized spacial score (nSPS) is 27.1. The average molecular weight is 304 g/mol. The number of phosphoric acid groups is 1. The van der Waals surface area contributed by atoms with Crippen LogP contribution in [0, 0.1) is 17.8 Å². The minimum absolute atomic E-state index is 0.0130. The maximum atomic E-state index is 12.3. The van der Waals surface area contributed by atoms with E-state index in [0.29, 0.717) is 12.2 Å². The highest BCUT2D eigenvalue weighted by Crippen LogP contribution is 2.53. The van der Waals surface area contributed by atoms with Gasteiger partial charge in [0.15, 0.2) is 0 Å². The first-order valence-corrected chi connectivity index (χ1v) is 8.58. The summed E-state index contributed by atoms with van der Waals surface area (Å²) in [5, 5.41) is 0. The van der Waals surface area contributed by atoms with E-state index in [9.17, 15) is 9.36 Å². The van der Waals surface area contributed by atoms with Crippen molar-refractivity contribution in [1.82, 2.24) is 0 Å². The fraction of sp³-hybridized carbons (Fsp3) is 0.786. The third kappa shape index (κ3) is 4.44. The fourth-order valence-electron chi connectivity index (χ4n) is 2.82. The van der Waals surface area contributed by atoms with E-state index in [-0.39, 0.29) is 36.8 Å². The molecule has 3 atom stereocenters. The molecule has 0 unspecified atom stereocenters. The molecule has 1 aliphatic carbocycles. The first-order chi connectivity index (χ1) is 9.33. The highest BCUT2D eigenvalue weighted by atomic mass is 31.2. The minimum atomic E-state index is -3.54. The molecule has 0 bridgehead atoms. The Balaban J connectivity index is 2.85. The maximum Gasteiger partial charge on any atom is 0.529 e. The van der Waals surface area contributed by atoms with E-state index in [0.717, 1.165) is 0 Å². The van der Waals surface area contributed by atoms with Crippen molar-refractivity contribution in [2.24, 2.45) is 17.8 Å². The lowest BCUT2D eigenvalue weighted by molar-refractivity contribution is -0.123. The van der Waals surface area contributed by atoms with Gasteiger partial charge in [-0.1, -0.05) is 13.8 Å². The lowest BCUT2D eigenvalue weighted by Crippen LogP contribution is -2.29. The highest BCUT2D eigenvalue weighted by Gasteiger charge is 2.35. The third-order valence-corrected chi connectivity index (χ3v) is 5.03. The van der Waals surface area contributed by atoms with Crippen LogP contribution in [0.1, 0.15) is 41.0 Å². The summed E-state index contributed by atoms with van der Waals surface area (Å²) in [6.45, 7) is 9.57. The summed E-state index contributed by atoms with van der Waals surface area (Å²) in [6.07, 6.45) is 2.43. The quantitative estimate of drug-likeness (QED) is 0.666. The standard InChI is InChI=1S/C14H25O5P/c1-6-17-20(16,18-7-2)19-13-8-10(3)14(12(5)15)11(4)9-13/h8,10-11,14H,6-7,9H2,1-5H3/t10-,11-,14-/m1/s1. The Morgan fingerprint density at radius 1 is 1.30 bits per heavy atom. The number of ketones is 1. The van der Waals surface area contributed by atoms with Crippen LogP contribution < -0.4 is 0 Å². The second kappa shape index (κ2) is 7.39. The van der Waals surface area contributed by atoms with Gasteiger partial charge in [0.05, 0.1) is 13.2 Å². The summed E-state index contributed by atoms with van der Waals surface area (Å²) >= 11 is 0. The monoisotopic (exact) mass is 304 g/mol. The molecule has 0 fully saturated rings. The summed E-state index contributed by atoms with van der Waals surface area (Å²) < 4.78 is 28.1. The molecule has 0 saturated heterocycles. The molecular formula is C14H25O5P. The SMILES string of the molecule is CCOP(=O)(OCC)OC1=C[C@@H](C)[C@@H](C(C)=O)[C@H](C)C1. The largest absolute Gasteiger partial charge is 0.529 e. The topological polar surface area (TPSA) is 61.8 Å². The zero-order chi connectivity index (χ0) is 15.3. The molecule has 0 aliphatic heterocycles. The van der Waals surface area contributed by atoms with Crippen LogP contribution in [-0.4, -0.2) is 19.0 Å². The molecule has 116 valence electrons. The van der Waals surface area contributed by atoms with Crippen molar-refractivity contribution in [3.8, 4) is 0 Å². The maximum absolute atomic E-state index is 12.3. The Hall–Kier alpha value is -0.640. The van der Waals surface area contributed by atoms with Crippen LogP contribution in [-0.2, 0) is 22.9 Å². The van der Waals surface area contributed by atoms with Crippen LogP contribution in [0.4, 0.5) is 0 Å². The summed E-state index contributed by atoms with van der Waals surface area (Å²) in [5.41, 5.74) is 0. The van der Waals surface area contributed by atoms with Gasteiger partial charge in [0.2, 0.25) is 0 Å². The number of rotatable bonds is 7. The molecule has 0 radical (unpaired) electrons. The van der Waals surface area contributed by atoms with Gasteiger partial charge in [0.25, 0.3) is 0 Å². The number of hydrogen-bond donors (Lipinski definition) is 0. The van der Waals surface area contributed by atoms with Crippen LogP contribution in [0.2, 0.25) is 0 Å². The van der Waals surface area contributed by atoms with Crippen LogP contribution >= 0.6 is 7.82 Å². The third-order valence-electron chi connectivity index (χ3n) is 3.42. The molecule has 1 rings (SSSR count). The molecule has 0 aromatic rings. The molecule has 0 aromatic carbocycles. The summed E-state index contributed by atoms with van der Waals surface area (Å²) in [4.78, 5) is 11.6. The smallest absolute Gasteiger partial charge is 0.409 e. The number of carbonyl (C=O) groups excluding carboxylic acids is 1. The van der Waals surface area contributed by atoms with Gasteiger partial charge in [-0.3, -0.25) is 13.8 Å². The minimum Gasteiger partial charge on any atom is -0.409 e. The van der Waals surface area contributed by atoms with E-state index >= 15 is 0 Å². The molecule has 5 nitrogen and oxygen atoms in total. The van der Waals surface area contributed by atoms with Crippen LogP contribution in [0.15, 0.2) is 11.8 Å². The van der Waals surface area contributed by atoms with Crippen LogP contribution in [0.25, 0.3) is 0 Å². The molecule has 0 heterocycles. The second-order valence-corrected chi connectivity index (χ2v) is 6.78. The first kappa shape index (κ1) is 17.4. The number of carbonyl (C=O) groups is 1. The molecule has 0 saturated carbocycles. The van der Waals surface area contributed by atoms with E-state index in [1.54, 1.807) is 20.8 Å². The Kier molecular flexibility index (Phi) is 6.44. The van der Waals surface area contributed by atoms with Crippen molar-refractivity contribution in [1.29, 1.82) is 0 Å². The zero-order valence-electron chi connectivity index (χ0n) is 12.9. The molecule has 1 aliphatic rings. The van der Waals surface area contributed by atoms with Gasteiger partial charge >= 0.3 is 7.82 Å². The molecule has 0 spiro atoms. The highest BCUT2D eigenvalue weighted by molar-refractivity contribution is 7.48. The van der Waals surface area contributed by atoms with E-state index < -0.39 is 7.82 Å². The number of Topliss-reactive ketones (excluding diaryl/α,β-unsaturated/α-hetero) is 1. The van der Waals surface area contributed by atoms with Gasteiger partial charge in [0.1, 0.15) is 11.5 Å². The Morgan fingerprint density at radius 2 is 1.85 bits per heavy atom. The molecule has 0 aromatic heterocycles. The molecular weight excluding hydrogens is 279 g/mol. The van der Waals surface area contributed by atoms with Crippen molar-refractivity contribution in [3.05, 3.63) is 11.8 Å². The van der Waals surface area contributed by atoms with Crippen molar-refractivity contribution < 1.29 is 22.9 Å². The van der Waals surface area contributed by atoms with Gasteiger partial charge in [-0.05, 0) is 38.7 Å². The molecule has 0 N–H and O–H groups in total. The van der Waals surface area contributed by atoms with Gasteiger partial charge in [0, 0.05) is 12.3 Å². The zero-order valence-corrected chi connectivity index (χ0v) is 13.8. The van der Waals surface area contributed by atoms with E-state index in [1.165, 1.54) is 0 Å². The van der Waals surface area contributed by atoms with E-state index in [4.69, 9.17) is 13.6 Å². The van der Waals surface area contributed by atoms with Crippen LogP contribution in [0.5, 0.6) is 0 Å². The van der Waals surface area contributed by atoms with Crippen molar-refractivity contribution in [2.45, 2.75) is 41.0 Å². The average Bonchev–Trinajstić information content (AvgIpc) is 2.27. The van der Waals surface area contributed by atoms with Gasteiger partial charge in [-0.25, -0.2) is 4.57 Å².